The van der Waals surface area contributed by atoms with E-state index in [0.29, 0.717) is 5.41 Å². The second-order valence-electron chi connectivity index (χ2n) is 5.67. The van der Waals surface area contributed by atoms with Crippen molar-refractivity contribution in [2.45, 2.75) is 33.1 Å². The molecule has 0 radical (unpaired) electrons. The summed E-state index contributed by atoms with van der Waals surface area (Å²) in [4.78, 5) is 11.6. The van der Waals surface area contributed by atoms with Crippen LogP contribution < -0.4 is 10.6 Å². The van der Waals surface area contributed by atoms with E-state index in [9.17, 15) is 4.79 Å². The van der Waals surface area contributed by atoms with Crippen molar-refractivity contribution in [3.05, 3.63) is 0 Å². The normalized spacial score (nSPS) is 23.7. The molecule has 0 aromatic carbocycles. The summed E-state index contributed by atoms with van der Waals surface area (Å²) in [6.45, 7) is 7.15. The predicted molar refractivity (Wildman–Crippen MR) is 60.5 cm³/mol. The van der Waals surface area contributed by atoms with Crippen LogP contribution in [0.4, 0.5) is 0 Å². The summed E-state index contributed by atoms with van der Waals surface area (Å²) in [7, 11) is 0. The van der Waals surface area contributed by atoms with Crippen LogP contribution in [-0.2, 0) is 4.79 Å². The fourth-order valence-electron chi connectivity index (χ4n) is 2.39. The van der Waals surface area contributed by atoms with Crippen molar-refractivity contribution in [1.29, 1.82) is 0 Å². The number of carbonyl (C=O) groups excluding carboxylic acids is 1. The maximum absolute atomic E-state index is 11.6. The molecule has 1 saturated heterocycles. The zero-order valence-electron chi connectivity index (χ0n) is 9.81. The Hall–Kier alpha value is -0.570. The molecule has 1 aliphatic carbocycles. The Labute approximate surface area is 92.0 Å². The van der Waals surface area contributed by atoms with Crippen molar-refractivity contribution in [3.63, 3.8) is 0 Å². The minimum Gasteiger partial charge on any atom is -0.355 e. The van der Waals surface area contributed by atoms with Gasteiger partial charge in [-0.25, -0.2) is 0 Å². The highest BCUT2D eigenvalue weighted by molar-refractivity contribution is 5.80. The summed E-state index contributed by atoms with van der Waals surface area (Å²) in [6, 6.07) is 0. The largest absolute Gasteiger partial charge is 0.355 e. The first kappa shape index (κ1) is 10.9. The molecule has 2 aliphatic rings. The number of carbonyl (C=O) groups is 1. The number of nitrogens with one attached hydrogen (secondary N) is 2. The van der Waals surface area contributed by atoms with Gasteiger partial charge in [-0.3, -0.25) is 4.79 Å². The maximum Gasteiger partial charge on any atom is 0.225 e. The Morgan fingerprint density at radius 3 is 2.53 bits per heavy atom. The molecule has 3 heteroatoms. The molecule has 0 unspecified atom stereocenters. The first-order chi connectivity index (χ1) is 7.11. The molecule has 86 valence electrons. The van der Waals surface area contributed by atoms with Gasteiger partial charge in [0.15, 0.2) is 0 Å². The minimum absolute atomic E-state index is 0.236. The van der Waals surface area contributed by atoms with Gasteiger partial charge in [0.05, 0.1) is 5.92 Å². The van der Waals surface area contributed by atoms with Crippen molar-refractivity contribution in [1.82, 2.24) is 10.6 Å². The topological polar surface area (TPSA) is 41.1 Å². The van der Waals surface area contributed by atoms with Gasteiger partial charge in [-0.05, 0) is 30.6 Å². The number of rotatable bonds is 5. The molecule has 2 fully saturated rings. The molecule has 3 nitrogen and oxygen atoms in total. The molecular weight excluding hydrogens is 188 g/mol. The lowest BCUT2D eigenvalue weighted by Crippen LogP contribution is -2.51. The van der Waals surface area contributed by atoms with Crippen molar-refractivity contribution < 1.29 is 4.79 Å². The summed E-state index contributed by atoms with van der Waals surface area (Å²) in [6.07, 6.45) is 3.86. The Morgan fingerprint density at radius 1 is 1.47 bits per heavy atom. The lowest BCUT2D eigenvalue weighted by Gasteiger charge is -2.27. The molecule has 0 aromatic rings. The summed E-state index contributed by atoms with van der Waals surface area (Å²) >= 11 is 0. The van der Waals surface area contributed by atoms with Gasteiger partial charge in [0, 0.05) is 19.6 Å². The van der Waals surface area contributed by atoms with Crippen LogP contribution >= 0.6 is 0 Å². The minimum atomic E-state index is 0.236. The van der Waals surface area contributed by atoms with Crippen LogP contribution in [0.5, 0.6) is 0 Å². The van der Waals surface area contributed by atoms with Gasteiger partial charge in [0.25, 0.3) is 0 Å². The Bertz CT molecular complexity index is 242. The Kier molecular flexibility index (Phi) is 3.01. The van der Waals surface area contributed by atoms with Crippen LogP contribution in [0.3, 0.4) is 0 Å². The van der Waals surface area contributed by atoms with Crippen LogP contribution in [0, 0.1) is 17.3 Å². The SMILES string of the molecule is CC(C)CC1(CNC(=O)C2CNC2)CC1. The molecule has 1 saturated carbocycles. The monoisotopic (exact) mass is 210 g/mol. The van der Waals surface area contributed by atoms with E-state index in [0.717, 1.165) is 25.6 Å². The van der Waals surface area contributed by atoms with Gasteiger partial charge in [0.1, 0.15) is 0 Å². The molecule has 0 spiro atoms. The summed E-state index contributed by atoms with van der Waals surface area (Å²) in [5.74, 6) is 1.23. The average molecular weight is 210 g/mol. The highest BCUT2D eigenvalue weighted by Crippen LogP contribution is 2.50. The first-order valence-electron chi connectivity index (χ1n) is 6.10. The van der Waals surface area contributed by atoms with Crippen molar-refractivity contribution in [3.8, 4) is 0 Å². The third kappa shape index (κ3) is 2.71. The molecule has 15 heavy (non-hydrogen) atoms. The van der Waals surface area contributed by atoms with Crippen molar-refractivity contribution in [2.24, 2.45) is 17.3 Å². The van der Waals surface area contributed by atoms with E-state index in [-0.39, 0.29) is 11.8 Å². The van der Waals surface area contributed by atoms with Gasteiger partial charge in [-0.15, -0.1) is 0 Å². The summed E-state index contributed by atoms with van der Waals surface area (Å²) in [5, 5.41) is 6.24. The molecule has 2 rings (SSSR count). The average Bonchev–Trinajstić information content (AvgIpc) is 2.78. The Morgan fingerprint density at radius 2 is 2.13 bits per heavy atom. The standard InChI is InChI=1S/C12H22N2O/c1-9(2)5-12(3-4-12)8-14-11(15)10-6-13-7-10/h9-10,13H,3-8H2,1-2H3,(H,14,15). The number of amides is 1. The van der Waals surface area contributed by atoms with Gasteiger partial charge in [-0.2, -0.15) is 0 Å². The fourth-order valence-corrected chi connectivity index (χ4v) is 2.39. The van der Waals surface area contributed by atoms with Crippen LogP contribution in [0.1, 0.15) is 33.1 Å². The number of hydrogen-bond donors (Lipinski definition) is 2. The quantitative estimate of drug-likeness (QED) is 0.714. The molecule has 0 atom stereocenters. The second kappa shape index (κ2) is 4.12. The highest BCUT2D eigenvalue weighted by Gasteiger charge is 2.43. The van der Waals surface area contributed by atoms with E-state index < -0.39 is 0 Å². The van der Waals surface area contributed by atoms with Gasteiger partial charge in [-0.1, -0.05) is 13.8 Å². The van der Waals surface area contributed by atoms with Crippen LogP contribution in [0.15, 0.2) is 0 Å². The molecule has 2 N–H and O–H groups in total. The first-order valence-corrected chi connectivity index (χ1v) is 6.10. The summed E-state index contributed by atoms with van der Waals surface area (Å²) in [5.41, 5.74) is 0.459. The molecule has 1 aliphatic heterocycles. The zero-order chi connectivity index (χ0) is 10.9. The molecule has 0 bridgehead atoms. The van der Waals surface area contributed by atoms with Gasteiger partial charge in [0.2, 0.25) is 5.91 Å². The maximum atomic E-state index is 11.6. The van der Waals surface area contributed by atoms with Crippen molar-refractivity contribution in [2.75, 3.05) is 19.6 Å². The van der Waals surface area contributed by atoms with Crippen LogP contribution in [0.2, 0.25) is 0 Å². The third-order valence-corrected chi connectivity index (χ3v) is 3.59. The smallest absolute Gasteiger partial charge is 0.225 e. The molecule has 0 aromatic heterocycles. The Balaban J connectivity index is 1.70. The molecular formula is C12H22N2O. The van der Waals surface area contributed by atoms with Gasteiger partial charge >= 0.3 is 0 Å². The second-order valence-corrected chi connectivity index (χ2v) is 5.67. The van der Waals surface area contributed by atoms with E-state index in [1.807, 2.05) is 0 Å². The van der Waals surface area contributed by atoms with E-state index in [2.05, 4.69) is 24.5 Å². The van der Waals surface area contributed by atoms with E-state index >= 15 is 0 Å². The van der Waals surface area contributed by atoms with E-state index in [1.54, 1.807) is 0 Å². The fraction of sp³-hybridized carbons (Fsp3) is 0.917. The predicted octanol–water partition coefficient (Wildman–Crippen LogP) is 1.15. The third-order valence-electron chi connectivity index (χ3n) is 3.59. The molecule has 1 amide bonds. The highest BCUT2D eigenvalue weighted by atomic mass is 16.2. The lowest BCUT2D eigenvalue weighted by atomic mass is 9.93. The number of hydrogen-bond acceptors (Lipinski definition) is 2. The van der Waals surface area contributed by atoms with E-state index in [1.165, 1.54) is 19.3 Å². The zero-order valence-corrected chi connectivity index (χ0v) is 9.81. The van der Waals surface area contributed by atoms with Gasteiger partial charge < -0.3 is 10.6 Å². The van der Waals surface area contributed by atoms with Crippen molar-refractivity contribution >= 4 is 5.91 Å². The molecule has 1 heterocycles. The summed E-state index contributed by atoms with van der Waals surface area (Å²) < 4.78 is 0. The lowest BCUT2D eigenvalue weighted by molar-refractivity contribution is -0.126. The van der Waals surface area contributed by atoms with Crippen LogP contribution in [-0.4, -0.2) is 25.5 Å². The van der Waals surface area contributed by atoms with Crippen LogP contribution in [0.25, 0.3) is 0 Å². The van der Waals surface area contributed by atoms with E-state index in [4.69, 9.17) is 0 Å².